The van der Waals surface area contributed by atoms with E-state index < -0.39 is 6.04 Å². The molecule has 0 saturated carbocycles. The maximum Gasteiger partial charge on any atom is 0.328 e. The van der Waals surface area contributed by atoms with Crippen molar-refractivity contribution in [2.45, 2.75) is 39.7 Å². The van der Waals surface area contributed by atoms with Gasteiger partial charge < -0.3 is 15.4 Å². The average molecular weight is 280 g/mol. The number of esters is 1. The van der Waals surface area contributed by atoms with Crippen LogP contribution in [0.25, 0.3) is 0 Å². The first-order chi connectivity index (χ1) is 9.49. The fourth-order valence-electron chi connectivity index (χ4n) is 1.86. The highest BCUT2D eigenvalue weighted by molar-refractivity contribution is 5.79. The second-order valence-corrected chi connectivity index (χ2v) is 5.01. The molecule has 1 heterocycles. The molecule has 112 valence electrons. The molecule has 1 atom stereocenters. The van der Waals surface area contributed by atoms with Gasteiger partial charge in [0.1, 0.15) is 23.5 Å². The van der Waals surface area contributed by atoms with Crippen LogP contribution in [0.3, 0.4) is 0 Å². The van der Waals surface area contributed by atoms with Crippen LogP contribution in [-0.4, -0.2) is 36.1 Å². The Kier molecular flexibility index (Phi) is 6.21. The molecule has 0 fully saturated rings. The quantitative estimate of drug-likeness (QED) is 0.745. The van der Waals surface area contributed by atoms with Gasteiger partial charge in [-0.3, -0.25) is 0 Å². The predicted molar refractivity (Wildman–Crippen MR) is 79.8 cm³/mol. The van der Waals surface area contributed by atoms with Crippen molar-refractivity contribution in [1.82, 2.24) is 9.97 Å². The Morgan fingerprint density at radius 3 is 2.50 bits per heavy atom. The Balaban J connectivity index is 2.94. The van der Waals surface area contributed by atoms with E-state index in [9.17, 15) is 4.79 Å². The Bertz CT molecular complexity index is 427. The normalized spacial score (nSPS) is 12.1. The third-order valence-corrected chi connectivity index (χ3v) is 2.86. The molecule has 6 nitrogen and oxygen atoms in total. The van der Waals surface area contributed by atoms with Gasteiger partial charge in [0.2, 0.25) is 0 Å². The number of nitrogens with zero attached hydrogens (tertiary/aromatic N) is 2. The molecular formula is C14H24N4O2. The van der Waals surface area contributed by atoms with Gasteiger partial charge in [0.15, 0.2) is 0 Å². The van der Waals surface area contributed by atoms with Crippen LogP contribution >= 0.6 is 0 Å². The zero-order valence-electron chi connectivity index (χ0n) is 12.9. The molecule has 1 aromatic rings. The highest BCUT2D eigenvalue weighted by atomic mass is 16.5. The van der Waals surface area contributed by atoms with Crippen molar-refractivity contribution in [2.24, 2.45) is 5.92 Å². The second-order valence-electron chi connectivity index (χ2n) is 5.01. The highest BCUT2D eigenvalue weighted by Gasteiger charge is 2.21. The monoisotopic (exact) mass is 280 g/mol. The van der Waals surface area contributed by atoms with Crippen LogP contribution in [0.2, 0.25) is 0 Å². The average Bonchev–Trinajstić information content (AvgIpc) is 2.44. The molecule has 1 rings (SSSR count). The van der Waals surface area contributed by atoms with Gasteiger partial charge in [0.05, 0.1) is 7.11 Å². The molecular weight excluding hydrogens is 256 g/mol. The number of carbonyl (C=O) groups is 1. The van der Waals surface area contributed by atoms with E-state index in [0.717, 1.165) is 18.1 Å². The summed E-state index contributed by atoms with van der Waals surface area (Å²) in [6.07, 6.45) is 1.42. The van der Waals surface area contributed by atoms with Gasteiger partial charge in [-0.2, -0.15) is 0 Å². The van der Waals surface area contributed by atoms with Crippen LogP contribution in [0.15, 0.2) is 6.07 Å². The van der Waals surface area contributed by atoms with Crippen molar-refractivity contribution in [1.29, 1.82) is 0 Å². The lowest BCUT2D eigenvalue weighted by Gasteiger charge is -2.19. The van der Waals surface area contributed by atoms with Crippen molar-refractivity contribution < 1.29 is 9.53 Å². The van der Waals surface area contributed by atoms with Crippen LogP contribution < -0.4 is 10.6 Å². The third kappa shape index (κ3) is 4.68. The minimum Gasteiger partial charge on any atom is -0.467 e. The maximum absolute atomic E-state index is 11.8. The van der Waals surface area contributed by atoms with Crippen molar-refractivity contribution in [3.63, 3.8) is 0 Å². The van der Waals surface area contributed by atoms with Gasteiger partial charge in [-0.15, -0.1) is 0 Å². The SMILES string of the molecule is CCc1nc(NC)cc(NC(CC(C)C)C(=O)OC)n1. The highest BCUT2D eigenvalue weighted by Crippen LogP contribution is 2.16. The second kappa shape index (κ2) is 7.67. The number of aromatic nitrogens is 2. The van der Waals surface area contributed by atoms with Crippen molar-refractivity contribution in [2.75, 3.05) is 24.8 Å². The number of rotatable bonds is 7. The van der Waals surface area contributed by atoms with Crippen LogP contribution in [0, 0.1) is 5.92 Å². The molecule has 0 radical (unpaired) electrons. The standard InChI is InChI=1S/C14H24N4O2/c1-6-11-17-12(15-4)8-13(18-11)16-10(7-9(2)3)14(19)20-5/h8-10H,6-7H2,1-5H3,(H2,15,16,17,18). The smallest absolute Gasteiger partial charge is 0.328 e. The molecule has 0 amide bonds. The molecule has 2 N–H and O–H groups in total. The summed E-state index contributed by atoms with van der Waals surface area (Å²) in [5.74, 6) is 2.20. The molecule has 20 heavy (non-hydrogen) atoms. The van der Waals surface area contributed by atoms with Crippen LogP contribution in [-0.2, 0) is 16.0 Å². The summed E-state index contributed by atoms with van der Waals surface area (Å²) in [7, 11) is 3.20. The van der Waals surface area contributed by atoms with Crippen molar-refractivity contribution >= 4 is 17.6 Å². The largest absolute Gasteiger partial charge is 0.467 e. The molecule has 0 aliphatic heterocycles. The number of anilines is 2. The predicted octanol–water partition coefficient (Wildman–Crippen LogP) is 2.08. The summed E-state index contributed by atoms with van der Waals surface area (Å²) >= 11 is 0. The van der Waals surface area contributed by atoms with E-state index in [4.69, 9.17) is 4.74 Å². The fraction of sp³-hybridized carbons (Fsp3) is 0.643. The first-order valence-corrected chi connectivity index (χ1v) is 6.90. The topological polar surface area (TPSA) is 76.1 Å². The van der Waals surface area contributed by atoms with Gasteiger partial charge in [0, 0.05) is 19.5 Å². The van der Waals surface area contributed by atoms with E-state index in [1.165, 1.54) is 7.11 Å². The molecule has 0 spiro atoms. The van der Waals surface area contributed by atoms with E-state index >= 15 is 0 Å². The number of ether oxygens (including phenoxy) is 1. The van der Waals surface area contributed by atoms with Gasteiger partial charge in [-0.1, -0.05) is 20.8 Å². The minimum atomic E-state index is -0.399. The van der Waals surface area contributed by atoms with Crippen LogP contribution in [0.4, 0.5) is 11.6 Å². The lowest BCUT2D eigenvalue weighted by molar-refractivity contribution is -0.141. The van der Waals surface area contributed by atoms with Crippen LogP contribution in [0.1, 0.15) is 33.0 Å². The van der Waals surface area contributed by atoms with Gasteiger partial charge in [0.25, 0.3) is 0 Å². The van der Waals surface area contributed by atoms with Crippen LogP contribution in [0.5, 0.6) is 0 Å². The summed E-state index contributed by atoms with van der Waals surface area (Å²) in [4.78, 5) is 20.5. The number of carbonyl (C=O) groups excluding carboxylic acids is 1. The number of hydrogen-bond acceptors (Lipinski definition) is 6. The molecule has 1 aromatic heterocycles. The first-order valence-electron chi connectivity index (χ1n) is 6.90. The summed E-state index contributed by atoms with van der Waals surface area (Å²) in [5, 5.41) is 6.14. The Morgan fingerprint density at radius 2 is 2.00 bits per heavy atom. The summed E-state index contributed by atoms with van der Waals surface area (Å²) < 4.78 is 4.84. The van der Waals surface area contributed by atoms with Gasteiger partial charge in [-0.05, 0) is 12.3 Å². The minimum absolute atomic E-state index is 0.277. The molecule has 0 aliphatic rings. The number of aryl methyl sites for hydroxylation is 1. The van der Waals surface area contributed by atoms with E-state index in [2.05, 4.69) is 34.4 Å². The Hall–Kier alpha value is -1.85. The lowest BCUT2D eigenvalue weighted by atomic mass is 10.0. The third-order valence-electron chi connectivity index (χ3n) is 2.86. The summed E-state index contributed by atoms with van der Waals surface area (Å²) in [6, 6.07) is 1.39. The van der Waals surface area contributed by atoms with Crippen molar-refractivity contribution in [3.05, 3.63) is 11.9 Å². The molecule has 0 saturated heterocycles. The molecule has 0 aliphatic carbocycles. The van der Waals surface area contributed by atoms with E-state index in [-0.39, 0.29) is 5.97 Å². The van der Waals surface area contributed by atoms with E-state index in [1.54, 1.807) is 13.1 Å². The zero-order chi connectivity index (χ0) is 15.1. The summed E-state index contributed by atoms with van der Waals surface area (Å²) in [6.45, 7) is 6.12. The molecule has 6 heteroatoms. The Labute approximate surface area is 120 Å². The van der Waals surface area contributed by atoms with Gasteiger partial charge in [-0.25, -0.2) is 14.8 Å². The van der Waals surface area contributed by atoms with Crippen molar-refractivity contribution in [3.8, 4) is 0 Å². The number of hydrogen-bond donors (Lipinski definition) is 2. The van der Waals surface area contributed by atoms with E-state index in [1.807, 2.05) is 6.92 Å². The lowest BCUT2D eigenvalue weighted by Crippen LogP contribution is -2.32. The first kappa shape index (κ1) is 16.2. The van der Waals surface area contributed by atoms with E-state index in [0.29, 0.717) is 18.2 Å². The van der Waals surface area contributed by atoms with Gasteiger partial charge >= 0.3 is 5.97 Å². The number of nitrogens with one attached hydrogen (secondary N) is 2. The fourth-order valence-corrected chi connectivity index (χ4v) is 1.86. The number of methoxy groups -OCH3 is 1. The molecule has 1 unspecified atom stereocenters. The zero-order valence-corrected chi connectivity index (χ0v) is 12.9. The molecule has 0 aromatic carbocycles. The maximum atomic E-state index is 11.8. The molecule has 0 bridgehead atoms. The Morgan fingerprint density at radius 1 is 1.35 bits per heavy atom. The summed E-state index contributed by atoms with van der Waals surface area (Å²) in [5.41, 5.74) is 0.